The molecule has 0 aliphatic heterocycles. The van der Waals surface area contributed by atoms with Crippen LogP contribution < -0.4 is 5.32 Å². The van der Waals surface area contributed by atoms with E-state index in [0.717, 1.165) is 28.8 Å². The fraction of sp³-hybridized carbons (Fsp3) is 0.333. The van der Waals surface area contributed by atoms with E-state index in [1.165, 1.54) is 0 Å². The Balaban J connectivity index is 2.29. The predicted molar refractivity (Wildman–Crippen MR) is 68.6 cm³/mol. The van der Waals surface area contributed by atoms with Gasteiger partial charge in [-0.25, -0.2) is 0 Å². The second-order valence-electron chi connectivity index (χ2n) is 3.70. The first kappa shape index (κ1) is 12.3. The highest BCUT2D eigenvalue weighted by molar-refractivity contribution is 9.10. The smallest absolute Gasteiger partial charge is 0.139 e. The van der Waals surface area contributed by atoms with Crippen molar-refractivity contribution < 1.29 is 4.42 Å². The Morgan fingerprint density at radius 3 is 2.88 bits per heavy atom. The normalized spacial score (nSPS) is 12.6. The summed E-state index contributed by atoms with van der Waals surface area (Å²) < 4.78 is 6.48. The van der Waals surface area contributed by atoms with Crippen LogP contribution in [0.15, 0.2) is 39.7 Å². The Hall–Kier alpha value is -1.20. The van der Waals surface area contributed by atoms with Crippen LogP contribution in [0.5, 0.6) is 0 Å². The maximum Gasteiger partial charge on any atom is 0.139 e. The molecule has 0 aliphatic carbocycles. The van der Waals surface area contributed by atoms with E-state index < -0.39 is 0 Å². The van der Waals surface area contributed by atoms with Crippen molar-refractivity contribution in [2.45, 2.75) is 19.4 Å². The van der Waals surface area contributed by atoms with Gasteiger partial charge in [-0.1, -0.05) is 6.92 Å². The first-order valence-corrected chi connectivity index (χ1v) is 6.35. The topological polar surface area (TPSA) is 51.0 Å². The largest absolute Gasteiger partial charge is 0.466 e. The molecule has 1 atom stereocenters. The highest BCUT2D eigenvalue weighted by Gasteiger charge is 2.19. The molecule has 0 aromatic carbocycles. The molecule has 2 aromatic rings. The molecule has 1 unspecified atom stereocenters. The van der Waals surface area contributed by atoms with Gasteiger partial charge >= 0.3 is 0 Å². The van der Waals surface area contributed by atoms with Gasteiger partial charge in [0, 0.05) is 6.20 Å². The van der Waals surface area contributed by atoms with Crippen molar-refractivity contribution in [1.29, 1.82) is 0 Å². The second-order valence-corrected chi connectivity index (χ2v) is 4.55. The summed E-state index contributed by atoms with van der Waals surface area (Å²) in [4.78, 5) is 0. The van der Waals surface area contributed by atoms with E-state index in [2.05, 4.69) is 38.4 Å². The van der Waals surface area contributed by atoms with Crippen molar-refractivity contribution >= 4 is 15.9 Å². The number of furan rings is 1. The van der Waals surface area contributed by atoms with Crippen LogP contribution in [-0.2, 0) is 0 Å². The van der Waals surface area contributed by atoms with E-state index in [1.54, 1.807) is 18.7 Å². The number of halogens is 1. The first-order chi connectivity index (χ1) is 8.33. The molecular weight excluding hydrogens is 282 g/mol. The molecule has 5 heteroatoms. The molecule has 90 valence electrons. The minimum atomic E-state index is 0.00910. The maximum absolute atomic E-state index is 5.52. The number of hydrogen-bond acceptors (Lipinski definition) is 4. The highest BCUT2D eigenvalue weighted by atomic mass is 79.9. The quantitative estimate of drug-likeness (QED) is 0.921. The molecule has 0 saturated carbocycles. The molecule has 2 aromatic heterocycles. The Morgan fingerprint density at radius 2 is 2.29 bits per heavy atom. The summed E-state index contributed by atoms with van der Waals surface area (Å²) in [6.45, 7) is 3.05. The van der Waals surface area contributed by atoms with E-state index in [0.29, 0.717) is 0 Å². The van der Waals surface area contributed by atoms with Gasteiger partial charge in [0.1, 0.15) is 5.76 Å². The minimum absolute atomic E-state index is 0.00910. The summed E-state index contributed by atoms with van der Waals surface area (Å²) in [5.41, 5.74) is 1.05. The third kappa shape index (κ3) is 2.92. The highest BCUT2D eigenvalue weighted by Crippen LogP contribution is 2.28. The van der Waals surface area contributed by atoms with Gasteiger partial charge in [-0.3, -0.25) is 0 Å². The summed E-state index contributed by atoms with van der Waals surface area (Å²) >= 11 is 3.49. The number of hydrogen-bond donors (Lipinski definition) is 1. The SMILES string of the molecule is CCCNC(c1ccnnc1)c1occc1Br. The van der Waals surface area contributed by atoms with Crippen molar-refractivity contribution in [2.24, 2.45) is 0 Å². The molecule has 0 aliphatic rings. The predicted octanol–water partition coefficient (Wildman–Crippen LogP) is 2.92. The van der Waals surface area contributed by atoms with Crippen molar-refractivity contribution in [1.82, 2.24) is 15.5 Å². The number of nitrogens with zero attached hydrogens (tertiary/aromatic N) is 2. The first-order valence-electron chi connectivity index (χ1n) is 5.55. The van der Waals surface area contributed by atoms with E-state index in [9.17, 15) is 0 Å². The average Bonchev–Trinajstić information content (AvgIpc) is 2.78. The van der Waals surface area contributed by atoms with E-state index >= 15 is 0 Å². The van der Waals surface area contributed by atoms with Gasteiger partial charge in [0.25, 0.3) is 0 Å². The molecule has 0 spiro atoms. The van der Waals surface area contributed by atoms with Crippen LogP contribution in [0.3, 0.4) is 0 Å². The van der Waals surface area contributed by atoms with E-state index in [4.69, 9.17) is 4.42 Å². The molecule has 1 N–H and O–H groups in total. The Morgan fingerprint density at radius 1 is 1.41 bits per heavy atom. The van der Waals surface area contributed by atoms with Gasteiger partial charge in [-0.05, 0) is 46.6 Å². The van der Waals surface area contributed by atoms with Gasteiger partial charge < -0.3 is 9.73 Å². The number of aromatic nitrogens is 2. The summed E-state index contributed by atoms with van der Waals surface area (Å²) in [5, 5.41) is 11.1. The second kappa shape index (κ2) is 5.93. The third-order valence-electron chi connectivity index (χ3n) is 2.45. The van der Waals surface area contributed by atoms with Crippen LogP contribution in [0.25, 0.3) is 0 Å². The summed E-state index contributed by atoms with van der Waals surface area (Å²) in [7, 11) is 0. The Kier molecular flexibility index (Phi) is 4.28. The Bertz CT molecular complexity index is 458. The van der Waals surface area contributed by atoms with Crippen LogP contribution in [0.4, 0.5) is 0 Å². The molecule has 0 bridgehead atoms. The molecule has 2 heterocycles. The monoisotopic (exact) mass is 295 g/mol. The lowest BCUT2D eigenvalue weighted by molar-refractivity contribution is 0.443. The van der Waals surface area contributed by atoms with Crippen molar-refractivity contribution in [3.8, 4) is 0 Å². The zero-order valence-electron chi connectivity index (χ0n) is 9.56. The van der Waals surface area contributed by atoms with E-state index in [-0.39, 0.29) is 6.04 Å². The van der Waals surface area contributed by atoms with Crippen molar-refractivity contribution in [2.75, 3.05) is 6.54 Å². The van der Waals surface area contributed by atoms with Crippen molar-refractivity contribution in [3.63, 3.8) is 0 Å². The average molecular weight is 296 g/mol. The summed E-state index contributed by atoms with van der Waals surface area (Å²) in [5.74, 6) is 0.867. The molecule has 17 heavy (non-hydrogen) atoms. The lowest BCUT2D eigenvalue weighted by Gasteiger charge is -2.16. The van der Waals surface area contributed by atoms with Crippen LogP contribution in [0, 0.1) is 0 Å². The van der Waals surface area contributed by atoms with Gasteiger partial charge in [-0.15, -0.1) is 0 Å². The summed E-state index contributed by atoms with van der Waals surface area (Å²) in [6, 6.07) is 3.84. The van der Waals surface area contributed by atoms with Crippen LogP contribution >= 0.6 is 15.9 Å². The Labute approximate surface area is 109 Å². The van der Waals surface area contributed by atoms with Gasteiger partial charge in [0.2, 0.25) is 0 Å². The van der Waals surface area contributed by atoms with Gasteiger partial charge in [0.15, 0.2) is 0 Å². The molecule has 2 rings (SSSR count). The zero-order chi connectivity index (χ0) is 12.1. The maximum atomic E-state index is 5.52. The zero-order valence-corrected chi connectivity index (χ0v) is 11.1. The molecule has 0 amide bonds. The molecular formula is C12H14BrN3O. The minimum Gasteiger partial charge on any atom is -0.466 e. The molecule has 4 nitrogen and oxygen atoms in total. The van der Waals surface area contributed by atoms with Crippen molar-refractivity contribution in [3.05, 3.63) is 46.6 Å². The summed E-state index contributed by atoms with van der Waals surface area (Å²) in [6.07, 6.45) is 6.18. The van der Waals surface area contributed by atoms with Crippen LogP contribution in [0.2, 0.25) is 0 Å². The fourth-order valence-corrected chi connectivity index (χ4v) is 2.06. The van der Waals surface area contributed by atoms with Crippen LogP contribution in [-0.4, -0.2) is 16.7 Å². The lowest BCUT2D eigenvalue weighted by Crippen LogP contribution is -2.23. The van der Waals surface area contributed by atoms with E-state index in [1.807, 2.05) is 12.1 Å². The fourth-order valence-electron chi connectivity index (χ4n) is 1.63. The molecule has 0 fully saturated rings. The third-order valence-corrected chi connectivity index (χ3v) is 3.10. The van der Waals surface area contributed by atoms with Gasteiger partial charge in [-0.2, -0.15) is 10.2 Å². The van der Waals surface area contributed by atoms with Crippen LogP contribution in [0.1, 0.15) is 30.7 Å². The molecule has 0 saturated heterocycles. The number of rotatable bonds is 5. The standard InChI is InChI=1S/C12H14BrN3O/c1-2-5-14-11(9-3-6-15-16-8-9)12-10(13)4-7-17-12/h3-4,6-8,11,14H,2,5H2,1H3. The molecule has 0 radical (unpaired) electrons. The lowest BCUT2D eigenvalue weighted by atomic mass is 10.1. The van der Waals surface area contributed by atoms with Gasteiger partial charge in [0.05, 0.1) is 23.0 Å². The number of nitrogens with one attached hydrogen (secondary N) is 1.